The van der Waals surface area contributed by atoms with Crippen LogP contribution in [0.3, 0.4) is 0 Å². The summed E-state index contributed by atoms with van der Waals surface area (Å²) >= 11 is 0. The van der Waals surface area contributed by atoms with Crippen molar-refractivity contribution in [2.45, 2.75) is 12.8 Å². The molecule has 0 spiro atoms. The van der Waals surface area contributed by atoms with E-state index in [0.717, 1.165) is 11.8 Å². The summed E-state index contributed by atoms with van der Waals surface area (Å²) < 4.78 is 0. The lowest BCUT2D eigenvalue weighted by Gasteiger charge is -2.39. The van der Waals surface area contributed by atoms with Crippen LogP contribution in [0, 0.1) is 11.8 Å². The SMILES string of the molecule is CN1CCCC(C2CNC2)C1.Cl. The number of halogens is 1. The molecule has 2 nitrogen and oxygen atoms in total. The molecule has 0 aliphatic carbocycles. The summed E-state index contributed by atoms with van der Waals surface area (Å²) in [5.41, 5.74) is 0. The maximum atomic E-state index is 3.35. The largest absolute Gasteiger partial charge is 0.316 e. The van der Waals surface area contributed by atoms with Crippen LogP contribution in [0.5, 0.6) is 0 Å². The lowest BCUT2D eigenvalue weighted by Crippen LogP contribution is -2.50. The number of piperidine rings is 1. The van der Waals surface area contributed by atoms with Gasteiger partial charge in [0.15, 0.2) is 0 Å². The minimum Gasteiger partial charge on any atom is -0.316 e. The van der Waals surface area contributed by atoms with Gasteiger partial charge in [0.1, 0.15) is 0 Å². The fourth-order valence-electron chi connectivity index (χ4n) is 2.24. The highest BCUT2D eigenvalue weighted by Gasteiger charge is 2.29. The molecule has 0 aromatic rings. The predicted octanol–water partition coefficient (Wildman–Crippen LogP) is 0.969. The van der Waals surface area contributed by atoms with E-state index >= 15 is 0 Å². The van der Waals surface area contributed by atoms with Crippen molar-refractivity contribution < 1.29 is 0 Å². The van der Waals surface area contributed by atoms with E-state index < -0.39 is 0 Å². The second-order valence-electron chi connectivity index (χ2n) is 4.08. The quantitative estimate of drug-likeness (QED) is 0.663. The first-order valence-corrected chi connectivity index (χ1v) is 4.75. The molecule has 0 bridgehead atoms. The van der Waals surface area contributed by atoms with Gasteiger partial charge in [0.2, 0.25) is 0 Å². The molecule has 2 aliphatic heterocycles. The van der Waals surface area contributed by atoms with E-state index in [0.29, 0.717) is 0 Å². The molecule has 2 aliphatic rings. The van der Waals surface area contributed by atoms with Crippen molar-refractivity contribution >= 4 is 12.4 Å². The van der Waals surface area contributed by atoms with Crippen LogP contribution < -0.4 is 5.32 Å². The van der Waals surface area contributed by atoms with Crippen LogP contribution in [0.15, 0.2) is 0 Å². The van der Waals surface area contributed by atoms with Gasteiger partial charge in [0.25, 0.3) is 0 Å². The highest BCUT2D eigenvalue weighted by atomic mass is 35.5. The Kier molecular flexibility index (Phi) is 3.81. The van der Waals surface area contributed by atoms with Gasteiger partial charge in [-0.25, -0.2) is 0 Å². The second kappa shape index (κ2) is 4.45. The van der Waals surface area contributed by atoms with E-state index in [9.17, 15) is 0 Å². The van der Waals surface area contributed by atoms with E-state index in [4.69, 9.17) is 0 Å². The Morgan fingerprint density at radius 3 is 2.50 bits per heavy atom. The fourth-order valence-corrected chi connectivity index (χ4v) is 2.24. The highest BCUT2D eigenvalue weighted by molar-refractivity contribution is 5.85. The molecule has 0 aromatic carbocycles. The summed E-state index contributed by atoms with van der Waals surface area (Å²) in [5.74, 6) is 1.99. The monoisotopic (exact) mass is 190 g/mol. The van der Waals surface area contributed by atoms with Gasteiger partial charge >= 0.3 is 0 Å². The van der Waals surface area contributed by atoms with Crippen molar-refractivity contribution in [3.05, 3.63) is 0 Å². The average molecular weight is 191 g/mol. The topological polar surface area (TPSA) is 15.3 Å². The second-order valence-corrected chi connectivity index (χ2v) is 4.08. The number of likely N-dealkylation sites (tertiary alicyclic amines) is 1. The standard InChI is InChI=1S/C9H18N2.ClH/c1-11-4-2-3-8(7-11)9-5-10-6-9;/h8-10H,2-7H2,1H3;1H. The van der Waals surface area contributed by atoms with Crippen LogP contribution >= 0.6 is 12.4 Å². The lowest BCUT2D eigenvalue weighted by atomic mass is 9.82. The molecule has 0 saturated carbocycles. The minimum atomic E-state index is 0. The number of hydrogen-bond donors (Lipinski definition) is 1. The van der Waals surface area contributed by atoms with Crippen molar-refractivity contribution in [2.75, 3.05) is 33.2 Å². The van der Waals surface area contributed by atoms with E-state index in [-0.39, 0.29) is 12.4 Å². The minimum absolute atomic E-state index is 0. The summed E-state index contributed by atoms with van der Waals surface area (Å²) in [6, 6.07) is 0. The maximum Gasteiger partial charge on any atom is 0.00102 e. The Bertz CT molecular complexity index is 136. The third kappa shape index (κ3) is 2.12. The maximum absolute atomic E-state index is 3.35. The number of nitrogens with zero attached hydrogens (tertiary/aromatic N) is 1. The molecule has 0 aromatic heterocycles. The van der Waals surface area contributed by atoms with E-state index in [2.05, 4.69) is 17.3 Å². The molecule has 0 radical (unpaired) electrons. The molecule has 2 heterocycles. The van der Waals surface area contributed by atoms with Crippen LogP contribution in [-0.2, 0) is 0 Å². The first-order chi connectivity index (χ1) is 5.36. The van der Waals surface area contributed by atoms with Crippen molar-refractivity contribution in [3.8, 4) is 0 Å². The molecule has 1 atom stereocenters. The van der Waals surface area contributed by atoms with E-state index in [1.54, 1.807) is 0 Å². The predicted molar refractivity (Wildman–Crippen MR) is 53.8 cm³/mol. The summed E-state index contributed by atoms with van der Waals surface area (Å²) in [4.78, 5) is 2.48. The zero-order valence-corrected chi connectivity index (χ0v) is 8.57. The van der Waals surface area contributed by atoms with Crippen LogP contribution in [0.4, 0.5) is 0 Å². The zero-order chi connectivity index (χ0) is 7.68. The molecule has 2 rings (SSSR count). The smallest absolute Gasteiger partial charge is 0.00102 e. The van der Waals surface area contributed by atoms with Crippen LogP contribution in [0.1, 0.15) is 12.8 Å². The Morgan fingerprint density at radius 1 is 1.25 bits per heavy atom. The Balaban J connectivity index is 0.000000720. The van der Waals surface area contributed by atoms with Crippen molar-refractivity contribution in [3.63, 3.8) is 0 Å². The van der Waals surface area contributed by atoms with Crippen LogP contribution in [0.2, 0.25) is 0 Å². The fraction of sp³-hybridized carbons (Fsp3) is 1.00. The Hall–Kier alpha value is 0.210. The van der Waals surface area contributed by atoms with Crippen molar-refractivity contribution in [2.24, 2.45) is 11.8 Å². The summed E-state index contributed by atoms with van der Waals surface area (Å²) in [5, 5.41) is 3.35. The number of rotatable bonds is 1. The molecule has 72 valence electrons. The van der Waals surface area contributed by atoms with Gasteiger partial charge in [-0.3, -0.25) is 0 Å². The first kappa shape index (κ1) is 10.3. The number of nitrogens with one attached hydrogen (secondary N) is 1. The molecular weight excluding hydrogens is 172 g/mol. The molecule has 2 saturated heterocycles. The van der Waals surface area contributed by atoms with E-state index in [1.807, 2.05) is 0 Å². The first-order valence-electron chi connectivity index (χ1n) is 4.75. The lowest BCUT2D eigenvalue weighted by molar-refractivity contribution is 0.126. The molecule has 0 amide bonds. The summed E-state index contributed by atoms with van der Waals surface area (Å²) in [6.07, 6.45) is 2.88. The highest BCUT2D eigenvalue weighted by Crippen LogP contribution is 2.25. The van der Waals surface area contributed by atoms with Gasteiger partial charge < -0.3 is 10.2 Å². The van der Waals surface area contributed by atoms with Gasteiger partial charge in [-0.1, -0.05) is 0 Å². The normalized spacial score (nSPS) is 32.2. The molecular formula is C9H19ClN2. The Labute approximate surface area is 81.1 Å². The van der Waals surface area contributed by atoms with Gasteiger partial charge in [0, 0.05) is 6.54 Å². The molecule has 12 heavy (non-hydrogen) atoms. The summed E-state index contributed by atoms with van der Waals surface area (Å²) in [7, 11) is 2.25. The third-order valence-corrected chi connectivity index (χ3v) is 3.14. The zero-order valence-electron chi connectivity index (χ0n) is 7.75. The Morgan fingerprint density at radius 2 is 2.00 bits per heavy atom. The van der Waals surface area contributed by atoms with Crippen molar-refractivity contribution in [1.82, 2.24) is 10.2 Å². The number of hydrogen-bond acceptors (Lipinski definition) is 2. The van der Waals surface area contributed by atoms with Gasteiger partial charge in [-0.05, 0) is 51.4 Å². The van der Waals surface area contributed by atoms with E-state index in [1.165, 1.54) is 39.0 Å². The molecule has 1 N–H and O–H groups in total. The average Bonchev–Trinajstić information content (AvgIpc) is 1.83. The van der Waals surface area contributed by atoms with Crippen LogP contribution in [-0.4, -0.2) is 38.1 Å². The van der Waals surface area contributed by atoms with Gasteiger partial charge in [-0.15, -0.1) is 12.4 Å². The molecule has 3 heteroatoms. The van der Waals surface area contributed by atoms with Gasteiger partial charge in [0.05, 0.1) is 0 Å². The molecule has 1 unspecified atom stereocenters. The van der Waals surface area contributed by atoms with Crippen LogP contribution in [0.25, 0.3) is 0 Å². The third-order valence-electron chi connectivity index (χ3n) is 3.14. The molecule has 2 fully saturated rings. The van der Waals surface area contributed by atoms with Crippen molar-refractivity contribution in [1.29, 1.82) is 0 Å². The van der Waals surface area contributed by atoms with Gasteiger partial charge in [-0.2, -0.15) is 0 Å². The summed E-state index contributed by atoms with van der Waals surface area (Å²) in [6.45, 7) is 5.21.